The van der Waals surface area contributed by atoms with E-state index in [1.165, 1.54) is 0 Å². The van der Waals surface area contributed by atoms with Gasteiger partial charge in [-0.3, -0.25) is 4.79 Å². The highest BCUT2D eigenvalue weighted by atomic mass is 16.5. The van der Waals surface area contributed by atoms with Gasteiger partial charge in [0.05, 0.1) is 24.4 Å². The predicted octanol–water partition coefficient (Wildman–Crippen LogP) is 3.66. The molecule has 25 heavy (non-hydrogen) atoms. The van der Waals surface area contributed by atoms with Crippen molar-refractivity contribution in [2.45, 2.75) is 58.7 Å². The van der Waals surface area contributed by atoms with Crippen LogP contribution in [0, 0.1) is 0 Å². The van der Waals surface area contributed by atoms with Crippen LogP contribution in [0.1, 0.15) is 47.5 Å². The molecule has 0 atom stereocenters. The molecule has 1 aliphatic heterocycles. The Hall–Kier alpha value is -1.75. The maximum absolute atomic E-state index is 12.5. The molecule has 5 heteroatoms. The Balaban J connectivity index is 1.81. The van der Waals surface area contributed by atoms with Crippen molar-refractivity contribution in [1.82, 2.24) is 4.90 Å². The molecule has 1 aliphatic rings. The Morgan fingerprint density at radius 2 is 1.64 bits per heavy atom. The van der Waals surface area contributed by atoms with Gasteiger partial charge in [-0.25, -0.2) is 0 Å². The van der Waals surface area contributed by atoms with Gasteiger partial charge in [0.1, 0.15) is 0 Å². The molecule has 140 valence electrons. The number of morpholine rings is 1. The van der Waals surface area contributed by atoms with Crippen LogP contribution in [0.2, 0.25) is 0 Å². The molecule has 0 N–H and O–H groups in total. The topological polar surface area (TPSA) is 48.0 Å². The van der Waals surface area contributed by atoms with Gasteiger partial charge in [-0.1, -0.05) is 12.1 Å². The van der Waals surface area contributed by atoms with Crippen molar-refractivity contribution in [3.8, 4) is 11.5 Å². The first-order chi connectivity index (χ1) is 11.7. The van der Waals surface area contributed by atoms with Crippen molar-refractivity contribution in [2.75, 3.05) is 26.3 Å². The third-order valence-electron chi connectivity index (χ3n) is 3.99. The zero-order chi connectivity index (χ0) is 18.5. The third-order valence-corrected chi connectivity index (χ3v) is 3.99. The molecule has 1 amide bonds. The van der Waals surface area contributed by atoms with Gasteiger partial charge >= 0.3 is 0 Å². The molecule has 0 radical (unpaired) electrons. The first kappa shape index (κ1) is 19.6. The molecule has 5 nitrogen and oxygen atoms in total. The third kappa shape index (κ3) is 5.92. The van der Waals surface area contributed by atoms with Crippen LogP contribution in [0.4, 0.5) is 0 Å². The lowest BCUT2D eigenvalue weighted by molar-refractivity contribution is -0.188. The van der Waals surface area contributed by atoms with Gasteiger partial charge < -0.3 is 19.1 Å². The molecule has 0 saturated carbocycles. The Morgan fingerprint density at radius 3 is 2.20 bits per heavy atom. The zero-order valence-corrected chi connectivity index (χ0v) is 16.1. The molecule has 0 aliphatic carbocycles. The molecule has 1 saturated heterocycles. The van der Waals surface area contributed by atoms with E-state index in [2.05, 4.69) is 0 Å². The first-order valence-corrected chi connectivity index (χ1v) is 9.05. The van der Waals surface area contributed by atoms with Gasteiger partial charge in [0, 0.05) is 19.5 Å². The fraction of sp³-hybridized carbons (Fsp3) is 0.650. The number of hydrogen-bond donors (Lipinski definition) is 0. The number of benzene rings is 1. The molecule has 0 bridgehead atoms. The summed E-state index contributed by atoms with van der Waals surface area (Å²) in [6.07, 6.45) is 1.15. The lowest BCUT2D eigenvalue weighted by Gasteiger charge is -2.47. The van der Waals surface area contributed by atoms with Crippen LogP contribution < -0.4 is 9.47 Å². The Morgan fingerprint density at radius 1 is 1.08 bits per heavy atom. The van der Waals surface area contributed by atoms with Crippen molar-refractivity contribution in [3.05, 3.63) is 24.3 Å². The van der Waals surface area contributed by atoms with E-state index < -0.39 is 0 Å². The van der Waals surface area contributed by atoms with Crippen LogP contribution in [-0.2, 0) is 9.53 Å². The quantitative estimate of drug-likeness (QED) is 0.705. The second-order valence-electron chi connectivity index (χ2n) is 7.70. The van der Waals surface area contributed by atoms with E-state index in [0.717, 1.165) is 11.5 Å². The van der Waals surface area contributed by atoms with E-state index in [1.54, 1.807) is 0 Å². The smallest absolute Gasteiger partial charge is 0.222 e. The molecular weight excluding hydrogens is 318 g/mol. The van der Waals surface area contributed by atoms with Gasteiger partial charge in [0.15, 0.2) is 11.5 Å². The zero-order valence-electron chi connectivity index (χ0n) is 16.1. The van der Waals surface area contributed by atoms with Gasteiger partial charge in [-0.05, 0) is 53.2 Å². The number of amides is 1. The largest absolute Gasteiger partial charge is 0.490 e. The van der Waals surface area contributed by atoms with Crippen molar-refractivity contribution >= 4 is 5.91 Å². The van der Waals surface area contributed by atoms with Gasteiger partial charge in [-0.2, -0.15) is 0 Å². The summed E-state index contributed by atoms with van der Waals surface area (Å²) in [4.78, 5) is 14.5. The van der Waals surface area contributed by atoms with Crippen molar-refractivity contribution < 1.29 is 19.0 Å². The Labute approximate surface area is 151 Å². The lowest BCUT2D eigenvalue weighted by atomic mass is 9.98. The maximum Gasteiger partial charge on any atom is 0.222 e. The van der Waals surface area contributed by atoms with E-state index in [0.29, 0.717) is 39.1 Å². The molecule has 1 heterocycles. The first-order valence-electron chi connectivity index (χ1n) is 9.05. The van der Waals surface area contributed by atoms with Crippen LogP contribution in [0.5, 0.6) is 11.5 Å². The molecule has 2 rings (SSSR count). The Kier molecular flexibility index (Phi) is 6.33. The summed E-state index contributed by atoms with van der Waals surface area (Å²) in [5.41, 5.74) is -0.630. The molecule has 1 aromatic carbocycles. The summed E-state index contributed by atoms with van der Waals surface area (Å²) in [6, 6.07) is 7.62. The van der Waals surface area contributed by atoms with Crippen LogP contribution in [0.15, 0.2) is 24.3 Å². The molecular formula is C20H31NO4. The van der Waals surface area contributed by atoms with Crippen molar-refractivity contribution in [3.63, 3.8) is 0 Å². The van der Waals surface area contributed by atoms with E-state index in [1.807, 2.05) is 63.8 Å². The number of carbonyl (C=O) groups excluding carboxylic acids is 1. The standard InChI is InChI=1S/C20H31NO4/c1-6-23-16-10-7-8-11-17(16)24-13-9-12-18(22)21-14-19(2,3)25-20(4,5)15-21/h7-8,10-11H,6,9,12-15H2,1-5H3. The number of hydrogen-bond acceptors (Lipinski definition) is 4. The lowest BCUT2D eigenvalue weighted by Crippen LogP contribution is -2.58. The highest BCUT2D eigenvalue weighted by Crippen LogP contribution is 2.29. The minimum atomic E-state index is -0.315. The monoisotopic (exact) mass is 349 g/mol. The maximum atomic E-state index is 12.5. The van der Waals surface area contributed by atoms with Crippen LogP contribution >= 0.6 is 0 Å². The van der Waals surface area contributed by atoms with Crippen molar-refractivity contribution in [1.29, 1.82) is 0 Å². The molecule has 0 unspecified atom stereocenters. The normalized spacial score (nSPS) is 18.7. The minimum Gasteiger partial charge on any atom is -0.490 e. The number of rotatable bonds is 7. The summed E-state index contributed by atoms with van der Waals surface area (Å²) in [6.45, 7) is 12.4. The Bertz CT molecular complexity index is 567. The highest BCUT2D eigenvalue weighted by molar-refractivity contribution is 5.76. The van der Waals surface area contributed by atoms with Crippen LogP contribution in [0.25, 0.3) is 0 Å². The number of nitrogens with zero attached hydrogens (tertiary/aromatic N) is 1. The number of ether oxygens (including phenoxy) is 3. The molecule has 1 aromatic rings. The fourth-order valence-corrected chi connectivity index (χ4v) is 3.37. The van der Waals surface area contributed by atoms with Gasteiger partial charge in [0.25, 0.3) is 0 Å². The van der Waals surface area contributed by atoms with Gasteiger partial charge in [-0.15, -0.1) is 0 Å². The van der Waals surface area contributed by atoms with E-state index in [9.17, 15) is 4.79 Å². The molecule has 0 spiro atoms. The average molecular weight is 349 g/mol. The van der Waals surface area contributed by atoms with E-state index in [4.69, 9.17) is 14.2 Å². The average Bonchev–Trinajstić information content (AvgIpc) is 2.50. The predicted molar refractivity (Wildman–Crippen MR) is 98.2 cm³/mol. The highest BCUT2D eigenvalue weighted by Gasteiger charge is 2.39. The fourth-order valence-electron chi connectivity index (χ4n) is 3.37. The van der Waals surface area contributed by atoms with Crippen LogP contribution in [0.3, 0.4) is 0 Å². The van der Waals surface area contributed by atoms with Crippen molar-refractivity contribution in [2.24, 2.45) is 0 Å². The minimum absolute atomic E-state index is 0.158. The number of para-hydroxylation sites is 2. The SMILES string of the molecule is CCOc1ccccc1OCCCC(=O)N1CC(C)(C)OC(C)(C)C1. The molecule has 0 aromatic heterocycles. The molecule has 1 fully saturated rings. The summed E-state index contributed by atoms with van der Waals surface area (Å²) in [5, 5.41) is 0. The van der Waals surface area contributed by atoms with Gasteiger partial charge in [0.2, 0.25) is 5.91 Å². The van der Waals surface area contributed by atoms with E-state index in [-0.39, 0.29) is 17.1 Å². The second-order valence-corrected chi connectivity index (χ2v) is 7.70. The second kappa shape index (κ2) is 8.09. The summed E-state index contributed by atoms with van der Waals surface area (Å²) in [7, 11) is 0. The summed E-state index contributed by atoms with van der Waals surface area (Å²) < 4.78 is 17.4. The van der Waals surface area contributed by atoms with Crippen LogP contribution in [-0.4, -0.2) is 48.3 Å². The number of carbonyl (C=O) groups is 1. The van der Waals surface area contributed by atoms with E-state index >= 15 is 0 Å². The summed E-state index contributed by atoms with van der Waals surface area (Å²) >= 11 is 0. The summed E-state index contributed by atoms with van der Waals surface area (Å²) in [5.74, 6) is 1.63.